The van der Waals surface area contributed by atoms with Crippen LogP contribution in [0, 0.1) is 5.92 Å². The highest BCUT2D eigenvalue weighted by atomic mass is 32.2. The van der Waals surface area contributed by atoms with E-state index in [1.165, 1.54) is 23.1 Å². The van der Waals surface area contributed by atoms with Gasteiger partial charge in [0.15, 0.2) is 6.61 Å². The van der Waals surface area contributed by atoms with E-state index in [-0.39, 0.29) is 35.0 Å². The number of piperidine rings is 1. The van der Waals surface area contributed by atoms with Gasteiger partial charge in [0, 0.05) is 34.1 Å². The van der Waals surface area contributed by atoms with E-state index in [0.717, 1.165) is 6.07 Å². The van der Waals surface area contributed by atoms with Crippen LogP contribution in [0.25, 0.3) is 32.3 Å². The SMILES string of the molecule is O=C(O)C1CCN(C(=O)COc2cc(SOO[O-])c3ccc4c(SOO[O-])cc(S(=O)(=O)[O-])c5ccc2c3c45)CC1. The standard InChI is InChI=1S/C24H21NO13S3/c26-21(25-7-5-12(6-8-25)24(27)28)11-34-17-9-18(39-37-35-29)14-2-3-15-19(40-38-36-30)10-20(41(31,32)33)16-4-1-13(17)22(14)23(15)16/h1-4,9-10,12,29-30H,5-8,11H2,(H,27,28)(H,31,32,33)/p-3. The molecule has 0 bridgehead atoms. The summed E-state index contributed by atoms with van der Waals surface area (Å²) in [6, 6.07) is 8.75. The number of carboxylic acids is 1. The fourth-order valence-electron chi connectivity index (χ4n) is 5.04. The summed E-state index contributed by atoms with van der Waals surface area (Å²) in [5.74, 6) is -1.63. The van der Waals surface area contributed by atoms with Crippen LogP contribution in [0.3, 0.4) is 0 Å². The highest BCUT2D eigenvalue weighted by Crippen LogP contribution is 2.47. The Morgan fingerprint density at radius 3 is 2.00 bits per heavy atom. The maximum Gasteiger partial charge on any atom is 0.306 e. The highest BCUT2D eigenvalue weighted by Gasteiger charge is 2.28. The zero-order chi connectivity index (χ0) is 29.3. The van der Waals surface area contributed by atoms with E-state index in [1.807, 2.05) is 0 Å². The third kappa shape index (κ3) is 5.86. The summed E-state index contributed by atoms with van der Waals surface area (Å²) in [4.78, 5) is 25.4. The number of carbonyl (C=O) groups excluding carboxylic acids is 1. The number of aliphatic carboxylic acids is 1. The zero-order valence-electron chi connectivity index (χ0n) is 20.6. The van der Waals surface area contributed by atoms with E-state index in [2.05, 4.69) is 18.7 Å². The van der Waals surface area contributed by atoms with E-state index in [0.29, 0.717) is 68.8 Å². The average molecular weight is 625 g/mol. The second kappa shape index (κ2) is 12.1. The van der Waals surface area contributed by atoms with Gasteiger partial charge in [-0.3, -0.25) is 19.7 Å². The van der Waals surface area contributed by atoms with Crippen molar-refractivity contribution in [3.05, 3.63) is 36.4 Å². The van der Waals surface area contributed by atoms with Crippen molar-refractivity contribution in [3.8, 4) is 5.75 Å². The molecule has 0 unspecified atom stereocenters. The largest absolute Gasteiger partial charge is 0.744 e. The number of rotatable bonds is 11. The first-order valence-corrected chi connectivity index (χ1v) is 14.7. The lowest BCUT2D eigenvalue weighted by Gasteiger charge is -2.30. The van der Waals surface area contributed by atoms with Crippen LogP contribution in [-0.2, 0) is 38.5 Å². The van der Waals surface area contributed by atoms with Gasteiger partial charge >= 0.3 is 5.97 Å². The zero-order valence-corrected chi connectivity index (χ0v) is 23.0. The van der Waals surface area contributed by atoms with E-state index in [4.69, 9.17) is 4.74 Å². The smallest absolute Gasteiger partial charge is 0.306 e. The van der Waals surface area contributed by atoms with Crippen LogP contribution >= 0.6 is 24.1 Å². The maximum atomic E-state index is 12.9. The van der Waals surface area contributed by atoms with Gasteiger partial charge in [0.05, 0.1) is 39.8 Å². The number of hydrogen-bond acceptors (Lipinski definition) is 14. The molecule has 0 aliphatic carbocycles. The van der Waals surface area contributed by atoms with Gasteiger partial charge in [-0.1, -0.05) is 18.2 Å². The molecule has 1 aliphatic rings. The van der Waals surface area contributed by atoms with E-state index < -0.39 is 33.5 Å². The van der Waals surface area contributed by atoms with Crippen LogP contribution in [0.1, 0.15) is 12.8 Å². The van der Waals surface area contributed by atoms with Crippen LogP contribution in [0.5, 0.6) is 5.75 Å². The number of carboxylic acid groups (broad SMARTS) is 1. The number of ether oxygens (including phenoxy) is 1. The lowest BCUT2D eigenvalue weighted by molar-refractivity contribution is -0.777. The van der Waals surface area contributed by atoms with Crippen molar-refractivity contribution in [2.45, 2.75) is 27.5 Å². The van der Waals surface area contributed by atoms with Crippen molar-refractivity contribution in [1.82, 2.24) is 4.90 Å². The number of nitrogens with zero attached hydrogens (tertiary/aromatic N) is 1. The molecule has 4 aromatic rings. The van der Waals surface area contributed by atoms with E-state index >= 15 is 0 Å². The summed E-state index contributed by atoms with van der Waals surface area (Å²) in [5, 5.41) is 39.2. The molecule has 1 amide bonds. The van der Waals surface area contributed by atoms with Crippen LogP contribution < -0.4 is 15.3 Å². The Labute approximate surface area is 239 Å². The quantitative estimate of drug-likeness (QED) is 0.0827. The fraction of sp³-hybridized carbons (Fsp3) is 0.250. The number of amides is 1. The molecule has 1 N–H and O–H groups in total. The van der Waals surface area contributed by atoms with E-state index in [9.17, 15) is 38.2 Å². The van der Waals surface area contributed by atoms with Gasteiger partial charge in [-0.15, -0.1) is 0 Å². The molecular formula is C24H18NO13S3-3. The lowest BCUT2D eigenvalue weighted by Crippen LogP contribution is -2.42. The molecule has 5 rings (SSSR count). The Kier molecular flexibility index (Phi) is 8.71. The van der Waals surface area contributed by atoms with Gasteiger partial charge in [-0.05, 0) is 47.2 Å². The summed E-state index contributed by atoms with van der Waals surface area (Å²) in [6.07, 6.45) is 0.638. The first-order valence-electron chi connectivity index (χ1n) is 11.8. The second-order valence-electron chi connectivity index (χ2n) is 8.99. The van der Waals surface area contributed by atoms with Crippen molar-refractivity contribution in [3.63, 3.8) is 0 Å². The van der Waals surface area contributed by atoms with Crippen molar-refractivity contribution < 1.29 is 61.7 Å². The summed E-state index contributed by atoms with van der Waals surface area (Å²) in [5.41, 5.74) is 0. The third-order valence-electron chi connectivity index (χ3n) is 6.87. The fourth-order valence-corrected chi connectivity index (χ4v) is 6.86. The molecule has 0 radical (unpaired) electrons. The predicted octanol–water partition coefficient (Wildman–Crippen LogP) is 1.65. The van der Waals surface area contributed by atoms with Crippen molar-refractivity contribution >= 4 is 78.4 Å². The van der Waals surface area contributed by atoms with E-state index in [1.54, 1.807) is 12.1 Å². The molecule has 0 saturated carbocycles. The van der Waals surface area contributed by atoms with Gasteiger partial charge in [0.25, 0.3) is 5.91 Å². The average Bonchev–Trinajstić information content (AvgIpc) is 2.96. The molecule has 41 heavy (non-hydrogen) atoms. The topological polar surface area (TPSA) is 207 Å². The van der Waals surface area contributed by atoms with Crippen LogP contribution in [0.4, 0.5) is 0 Å². The first-order chi connectivity index (χ1) is 19.6. The maximum absolute atomic E-state index is 12.9. The molecule has 1 heterocycles. The molecule has 218 valence electrons. The molecule has 0 spiro atoms. The molecule has 0 atom stereocenters. The Balaban J connectivity index is 1.62. The van der Waals surface area contributed by atoms with Crippen LogP contribution in [0.15, 0.2) is 51.1 Å². The Bertz CT molecular complexity index is 1720. The minimum Gasteiger partial charge on any atom is -0.744 e. The van der Waals surface area contributed by atoms with Gasteiger partial charge in [-0.2, -0.15) is 8.67 Å². The van der Waals surface area contributed by atoms with Gasteiger partial charge < -0.3 is 29.8 Å². The summed E-state index contributed by atoms with van der Waals surface area (Å²) < 4.78 is 51.4. The van der Waals surface area contributed by atoms with Crippen LogP contribution in [-0.4, -0.2) is 54.5 Å². The summed E-state index contributed by atoms with van der Waals surface area (Å²) >= 11 is 0.953. The minimum atomic E-state index is -5.00. The summed E-state index contributed by atoms with van der Waals surface area (Å²) in [7, 11) is -5.00. The highest BCUT2D eigenvalue weighted by molar-refractivity contribution is 7.95. The van der Waals surface area contributed by atoms with Crippen molar-refractivity contribution in [2.24, 2.45) is 5.92 Å². The molecule has 14 nitrogen and oxygen atoms in total. The lowest BCUT2D eigenvalue weighted by atomic mass is 9.93. The van der Waals surface area contributed by atoms with Crippen molar-refractivity contribution in [1.29, 1.82) is 0 Å². The molecule has 4 aromatic carbocycles. The normalized spacial score (nSPS) is 14.9. The molecular weight excluding hydrogens is 606 g/mol. The third-order valence-corrected chi connectivity index (χ3v) is 9.03. The van der Waals surface area contributed by atoms with Gasteiger partial charge in [-0.25, -0.2) is 8.42 Å². The monoisotopic (exact) mass is 624 g/mol. The van der Waals surface area contributed by atoms with Gasteiger partial charge in [0.1, 0.15) is 15.9 Å². The Morgan fingerprint density at radius 2 is 1.44 bits per heavy atom. The summed E-state index contributed by atoms with van der Waals surface area (Å²) in [6.45, 7) is 0.117. The Hall–Kier alpha value is -2.97. The second-order valence-corrected chi connectivity index (χ2v) is 11.8. The van der Waals surface area contributed by atoms with Crippen LogP contribution in [0.2, 0.25) is 0 Å². The number of carbonyl (C=O) groups is 2. The van der Waals surface area contributed by atoms with Crippen molar-refractivity contribution in [2.75, 3.05) is 19.7 Å². The molecule has 1 aliphatic heterocycles. The molecule has 0 aromatic heterocycles. The molecule has 1 fully saturated rings. The predicted molar refractivity (Wildman–Crippen MR) is 137 cm³/mol. The number of likely N-dealkylation sites (tertiary alicyclic amines) is 1. The first kappa shape index (κ1) is 29.5. The Morgan fingerprint density at radius 1 is 0.902 bits per heavy atom. The van der Waals surface area contributed by atoms with Gasteiger partial charge in [0.2, 0.25) is 0 Å². The molecule has 17 heteroatoms. The number of benzene rings is 4. The minimum absolute atomic E-state index is 0.0759. The molecule has 1 saturated heterocycles. The number of hydrogen-bond donors (Lipinski definition) is 1.